The van der Waals surface area contributed by atoms with Gasteiger partial charge in [0.15, 0.2) is 23.0 Å². The number of Topliss-reactive ketones (excluding diaryl/α,β-unsaturated/α-hetero) is 1. The zero-order valence-corrected chi connectivity index (χ0v) is 15.1. The minimum absolute atomic E-state index is 0.0335. The Kier molecular flexibility index (Phi) is 3.87. The summed E-state index contributed by atoms with van der Waals surface area (Å²) in [6, 6.07) is 16.3. The molecular formula is C22H15NO6. The van der Waals surface area contributed by atoms with Gasteiger partial charge in [-0.25, -0.2) is 0 Å². The minimum Gasteiger partial charge on any atom is -0.503 e. The normalized spacial score (nSPS) is 17.9. The Morgan fingerprint density at radius 2 is 1.79 bits per heavy atom. The summed E-state index contributed by atoms with van der Waals surface area (Å²) >= 11 is 0. The van der Waals surface area contributed by atoms with Crippen LogP contribution in [0.2, 0.25) is 0 Å². The van der Waals surface area contributed by atoms with Crippen molar-refractivity contribution in [3.05, 3.63) is 89.6 Å². The number of furan rings is 1. The van der Waals surface area contributed by atoms with E-state index in [-0.39, 0.29) is 18.1 Å². The van der Waals surface area contributed by atoms with Crippen LogP contribution < -0.4 is 14.4 Å². The van der Waals surface area contributed by atoms with E-state index in [4.69, 9.17) is 13.9 Å². The number of aliphatic hydroxyl groups excluding tert-OH is 1. The van der Waals surface area contributed by atoms with Gasteiger partial charge in [0.1, 0.15) is 0 Å². The standard InChI is InChI=1S/C22H15NO6/c24-20(16-7-4-10-27-16)18-19(13-5-2-1-3-6-13)23(22(26)21(18)25)14-8-9-15-17(11-14)29-12-28-15/h1-11,19,25H,12H2. The molecule has 0 bridgehead atoms. The zero-order valence-electron chi connectivity index (χ0n) is 15.1. The first kappa shape index (κ1) is 17.1. The Morgan fingerprint density at radius 3 is 2.55 bits per heavy atom. The lowest BCUT2D eigenvalue weighted by Gasteiger charge is -2.26. The Balaban J connectivity index is 1.65. The molecule has 1 N–H and O–H groups in total. The molecular weight excluding hydrogens is 374 g/mol. The number of carbonyl (C=O) groups is 2. The van der Waals surface area contributed by atoms with E-state index in [1.165, 1.54) is 17.2 Å². The summed E-state index contributed by atoms with van der Waals surface area (Å²) in [5, 5.41) is 10.7. The molecule has 0 saturated carbocycles. The van der Waals surface area contributed by atoms with Gasteiger partial charge < -0.3 is 19.0 Å². The molecule has 144 valence electrons. The molecule has 29 heavy (non-hydrogen) atoms. The molecule has 1 unspecified atom stereocenters. The summed E-state index contributed by atoms with van der Waals surface area (Å²) in [6.45, 7) is 0.0978. The van der Waals surface area contributed by atoms with Gasteiger partial charge in [0.25, 0.3) is 5.91 Å². The van der Waals surface area contributed by atoms with Crippen molar-refractivity contribution in [2.24, 2.45) is 0 Å². The van der Waals surface area contributed by atoms with Gasteiger partial charge in [-0.05, 0) is 29.8 Å². The number of anilines is 1. The minimum atomic E-state index is -0.818. The fraction of sp³-hybridized carbons (Fsp3) is 0.0909. The van der Waals surface area contributed by atoms with E-state index in [1.54, 1.807) is 36.4 Å². The maximum absolute atomic E-state index is 13.1. The Hall–Kier alpha value is -4.00. The number of nitrogens with zero attached hydrogens (tertiary/aromatic N) is 1. The van der Waals surface area contributed by atoms with Gasteiger partial charge in [-0.1, -0.05) is 30.3 Å². The maximum atomic E-state index is 13.1. The van der Waals surface area contributed by atoms with E-state index in [2.05, 4.69) is 0 Å². The lowest BCUT2D eigenvalue weighted by atomic mass is 9.95. The monoisotopic (exact) mass is 389 g/mol. The molecule has 7 nitrogen and oxygen atoms in total. The third kappa shape index (κ3) is 2.67. The molecule has 1 atom stereocenters. The topological polar surface area (TPSA) is 89.2 Å². The van der Waals surface area contributed by atoms with Crippen molar-refractivity contribution in [2.75, 3.05) is 11.7 Å². The number of ketones is 1. The highest BCUT2D eigenvalue weighted by Gasteiger charge is 2.45. The van der Waals surface area contributed by atoms with Crippen LogP contribution in [-0.2, 0) is 4.79 Å². The van der Waals surface area contributed by atoms with Crippen LogP contribution in [0.3, 0.4) is 0 Å². The van der Waals surface area contributed by atoms with Crippen LogP contribution in [0, 0.1) is 0 Å². The average Bonchev–Trinajstić information content (AvgIpc) is 3.48. The van der Waals surface area contributed by atoms with E-state index < -0.39 is 23.5 Å². The second kappa shape index (κ2) is 6.56. The van der Waals surface area contributed by atoms with Crippen LogP contribution >= 0.6 is 0 Å². The van der Waals surface area contributed by atoms with Crippen LogP contribution in [0.1, 0.15) is 22.2 Å². The molecule has 0 radical (unpaired) electrons. The summed E-state index contributed by atoms with van der Waals surface area (Å²) < 4.78 is 16.0. The van der Waals surface area contributed by atoms with Crippen molar-refractivity contribution in [1.82, 2.24) is 0 Å². The first-order chi connectivity index (χ1) is 14.1. The van der Waals surface area contributed by atoms with Gasteiger partial charge in [-0.2, -0.15) is 0 Å². The van der Waals surface area contributed by atoms with Gasteiger partial charge >= 0.3 is 0 Å². The SMILES string of the molecule is O=C(C1=C(O)C(=O)N(c2ccc3c(c2)OCO3)C1c1ccccc1)c1ccco1. The van der Waals surface area contributed by atoms with Gasteiger partial charge in [0.2, 0.25) is 12.6 Å². The van der Waals surface area contributed by atoms with Crippen molar-refractivity contribution in [3.8, 4) is 11.5 Å². The van der Waals surface area contributed by atoms with Crippen LogP contribution in [0.15, 0.2) is 82.7 Å². The Labute approximate surface area is 165 Å². The molecule has 0 aliphatic carbocycles. The molecule has 5 rings (SSSR count). The number of aliphatic hydroxyl groups is 1. The van der Waals surface area contributed by atoms with Gasteiger partial charge in [0.05, 0.1) is 17.9 Å². The molecule has 0 spiro atoms. The zero-order chi connectivity index (χ0) is 20.0. The molecule has 1 aromatic heterocycles. The quantitative estimate of drug-likeness (QED) is 0.683. The van der Waals surface area contributed by atoms with Crippen LogP contribution in [-0.4, -0.2) is 23.6 Å². The van der Waals surface area contributed by atoms with Crippen LogP contribution in [0.25, 0.3) is 0 Å². The average molecular weight is 389 g/mol. The van der Waals surface area contributed by atoms with Gasteiger partial charge in [0, 0.05) is 11.8 Å². The molecule has 0 fully saturated rings. The van der Waals surface area contributed by atoms with Crippen molar-refractivity contribution in [2.45, 2.75) is 6.04 Å². The first-order valence-electron chi connectivity index (χ1n) is 8.94. The van der Waals surface area contributed by atoms with Crippen LogP contribution in [0.5, 0.6) is 11.5 Å². The van der Waals surface area contributed by atoms with E-state index in [0.717, 1.165) is 0 Å². The third-order valence-electron chi connectivity index (χ3n) is 4.95. The summed E-state index contributed by atoms with van der Waals surface area (Å²) in [6.07, 6.45) is 1.37. The van der Waals surface area contributed by atoms with E-state index in [1.807, 2.05) is 18.2 Å². The number of ether oxygens (including phenoxy) is 2. The summed E-state index contributed by atoms with van der Waals surface area (Å²) in [5.41, 5.74) is 1.12. The molecule has 3 aromatic rings. The number of amides is 1. The lowest BCUT2D eigenvalue weighted by Crippen LogP contribution is -2.31. The van der Waals surface area contributed by atoms with Gasteiger partial charge in [-0.3, -0.25) is 14.5 Å². The smallest absolute Gasteiger partial charge is 0.294 e. The fourth-order valence-electron chi connectivity index (χ4n) is 3.63. The summed E-state index contributed by atoms with van der Waals surface area (Å²) in [4.78, 5) is 27.5. The summed E-state index contributed by atoms with van der Waals surface area (Å²) in [5.74, 6) is -0.704. The number of fused-ring (bicyclic) bond motifs is 1. The largest absolute Gasteiger partial charge is 0.503 e. The molecule has 2 aliphatic heterocycles. The third-order valence-corrected chi connectivity index (χ3v) is 4.95. The summed E-state index contributed by atoms with van der Waals surface area (Å²) in [7, 11) is 0. The molecule has 7 heteroatoms. The number of hydrogen-bond donors (Lipinski definition) is 1. The second-order valence-electron chi connectivity index (χ2n) is 6.59. The number of benzene rings is 2. The molecule has 0 saturated heterocycles. The Bertz CT molecular complexity index is 1130. The van der Waals surface area contributed by atoms with Crippen molar-refractivity contribution in [3.63, 3.8) is 0 Å². The fourth-order valence-corrected chi connectivity index (χ4v) is 3.63. The predicted octanol–water partition coefficient (Wildman–Crippen LogP) is 3.79. The maximum Gasteiger partial charge on any atom is 0.294 e. The molecule has 2 aliphatic rings. The van der Waals surface area contributed by atoms with Crippen molar-refractivity contribution >= 4 is 17.4 Å². The highest BCUT2D eigenvalue weighted by Crippen LogP contribution is 2.44. The number of carbonyl (C=O) groups excluding carboxylic acids is 2. The first-order valence-corrected chi connectivity index (χ1v) is 8.94. The highest BCUT2D eigenvalue weighted by atomic mass is 16.7. The van der Waals surface area contributed by atoms with E-state index in [9.17, 15) is 14.7 Å². The Morgan fingerprint density at radius 1 is 1.00 bits per heavy atom. The molecule has 1 amide bonds. The van der Waals surface area contributed by atoms with E-state index >= 15 is 0 Å². The van der Waals surface area contributed by atoms with Crippen molar-refractivity contribution < 1.29 is 28.6 Å². The second-order valence-corrected chi connectivity index (χ2v) is 6.59. The van der Waals surface area contributed by atoms with Gasteiger partial charge in [-0.15, -0.1) is 0 Å². The highest BCUT2D eigenvalue weighted by molar-refractivity contribution is 6.20. The van der Waals surface area contributed by atoms with E-state index in [0.29, 0.717) is 22.7 Å². The van der Waals surface area contributed by atoms with Crippen molar-refractivity contribution in [1.29, 1.82) is 0 Å². The lowest BCUT2D eigenvalue weighted by molar-refractivity contribution is -0.117. The molecule has 2 aromatic carbocycles. The number of hydrogen-bond acceptors (Lipinski definition) is 6. The van der Waals surface area contributed by atoms with Crippen LogP contribution in [0.4, 0.5) is 5.69 Å². The predicted molar refractivity (Wildman–Crippen MR) is 102 cm³/mol. The molecule has 3 heterocycles. The number of rotatable bonds is 4.